The molecule has 1 aliphatic rings. The Bertz CT molecular complexity index is 719. The van der Waals surface area contributed by atoms with E-state index in [0.717, 1.165) is 38.1 Å². The molecule has 25 heavy (non-hydrogen) atoms. The topological polar surface area (TPSA) is 118 Å². The number of carboxylic acids is 1. The number of sulfonamides is 1. The number of nitrogens with zero attached hydrogens (tertiary/aromatic N) is 2. The number of β-amino-alcohol motifs (C(OH)–C–C–N with tert-alkyl or cyclic N) is 1. The summed E-state index contributed by atoms with van der Waals surface area (Å²) >= 11 is 0. The molecule has 0 spiro atoms. The largest absolute Gasteiger partial charge is 0.507 e. The Labute approximate surface area is 147 Å². The number of carboxylic acid groups (broad SMARTS) is 1. The summed E-state index contributed by atoms with van der Waals surface area (Å²) < 4.78 is 26.6. The second-order valence-electron chi connectivity index (χ2n) is 6.30. The maximum absolute atomic E-state index is 12.7. The molecule has 0 bridgehead atoms. The molecule has 1 aromatic rings. The van der Waals surface area contributed by atoms with Crippen molar-refractivity contribution in [2.45, 2.75) is 17.7 Å². The summed E-state index contributed by atoms with van der Waals surface area (Å²) in [5.74, 6) is -1.71. The number of hydrogen-bond acceptors (Lipinski definition) is 6. The van der Waals surface area contributed by atoms with Crippen LogP contribution in [0.2, 0.25) is 0 Å². The molecule has 0 amide bonds. The fraction of sp³-hybridized carbons (Fsp3) is 0.562. The van der Waals surface area contributed by atoms with Gasteiger partial charge in [0.05, 0.1) is 11.5 Å². The normalized spacial score (nSPS) is 19.2. The molecule has 1 heterocycles. The summed E-state index contributed by atoms with van der Waals surface area (Å²) in [5, 5.41) is 27.6. The van der Waals surface area contributed by atoms with E-state index in [1.165, 1.54) is 17.4 Å². The molecule has 1 aromatic carbocycles. The third-order valence-electron chi connectivity index (χ3n) is 4.44. The summed E-state index contributed by atoms with van der Waals surface area (Å²) in [7, 11) is -2.38. The summed E-state index contributed by atoms with van der Waals surface area (Å²) in [6.45, 7) is 2.58. The number of rotatable bonds is 7. The number of benzene rings is 1. The SMILES string of the molecule is CN(CC1CCCN(CCO)C1)S(=O)(=O)c1ccc(O)c(C(=O)O)c1. The van der Waals surface area contributed by atoms with Crippen molar-refractivity contribution < 1.29 is 28.5 Å². The summed E-state index contributed by atoms with van der Waals surface area (Å²) in [4.78, 5) is 13.0. The van der Waals surface area contributed by atoms with Crippen molar-refractivity contribution in [3.8, 4) is 5.75 Å². The third-order valence-corrected chi connectivity index (χ3v) is 6.26. The lowest BCUT2D eigenvalue weighted by Crippen LogP contribution is -2.42. The lowest BCUT2D eigenvalue weighted by molar-refractivity contribution is 0.0693. The first-order chi connectivity index (χ1) is 11.8. The van der Waals surface area contributed by atoms with E-state index in [0.29, 0.717) is 13.1 Å². The standard InChI is InChI=1S/C16H24N2O6S/c1-17(10-12-3-2-6-18(11-12)7-8-19)25(23,24)13-4-5-15(20)14(9-13)16(21)22/h4-5,9,12,19-20H,2-3,6-8,10-11H2,1H3,(H,21,22). The van der Waals surface area contributed by atoms with Crippen molar-refractivity contribution in [2.24, 2.45) is 5.92 Å². The number of likely N-dealkylation sites (tertiary alicyclic amines) is 1. The molecular weight excluding hydrogens is 348 g/mol. The van der Waals surface area contributed by atoms with Crippen LogP contribution in [0.25, 0.3) is 0 Å². The molecule has 0 radical (unpaired) electrons. The van der Waals surface area contributed by atoms with Gasteiger partial charge in [-0.05, 0) is 43.5 Å². The van der Waals surface area contributed by atoms with Crippen LogP contribution in [0.1, 0.15) is 23.2 Å². The average Bonchev–Trinajstić information content (AvgIpc) is 2.55. The minimum atomic E-state index is -3.85. The Hall–Kier alpha value is -1.68. The molecule has 0 aliphatic carbocycles. The first-order valence-electron chi connectivity index (χ1n) is 8.11. The molecule has 1 aliphatic heterocycles. The van der Waals surface area contributed by atoms with E-state index in [9.17, 15) is 18.3 Å². The molecule has 3 N–H and O–H groups in total. The van der Waals surface area contributed by atoms with E-state index in [1.54, 1.807) is 0 Å². The molecule has 140 valence electrons. The van der Waals surface area contributed by atoms with Gasteiger partial charge in [0.25, 0.3) is 0 Å². The fourth-order valence-corrected chi connectivity index (χ4v) is 4.41. The number of aliphatic hydroxyl groups is 1. The maximum atomic E-state index is 12.7. The van der Waals surface area contributed by atoms with Gasteiger partial charge in [-0.1, -0.05) is 0 Å². The molecule has 1 saturated heterocycles. The van der Waals surface area contributed by atoms with Gasteiger partial charge >= 0.3 is 5.97 Å². The minimum Gasteiger partial charge on any atom is -0.507 e. The Morgan fingerprint density at radius 3 is 2.76 bits per heavy atom. The first kappa shape index (κ1) is 19.6. The van der Waals surface area contributed by atoms with Gasteiger partial charge in [-0.25, -0.2) is 17.5 Å². The minimum absolute atomic E-state index is 0.0757. The summed E-state index contributed by atoms with van der Waals surface area (Å²) in [5.41, 5.74) is -0.443. The highest BCUT2D eigenvalue weighted by Crippen LogP contribution is 2.25. The van der Waals surface area contributed by atoms with Gasteiger partial charge in [-0.15, -0.1) is 0 Å². The van der Waals surface area contributed by atoms with Crippen LogP contribution in [0.5, 0.6) is 5.75 Å². The molecule has 1 atom stereocenters. The molecular formula is C16H24N2O6S. The van der Waals surface area contributed by atoms with Crippen molar-refractivity contribution in [3.05, 3.63) is 23.8 Å². The van der Waals surface area contributed by atoms with Gasteiger partial charge in [0.2, 0.25) is 10.0 Å². The zero-order valence-corrected chi connectivity index (χ0v) is 14.9. The highest BCUT2D eigenvalue weighted by atomic mass is 32.2. The van der Waals surface area contributed by atoms with Gasteiger partial charge in [0, 0.05) is 26.7 Å². The van der Waals surface area contributed by atoms with Gasteiger partial charge in [-0.3, -0.25) is 0 Å². The van der Waals surface area contributed by atoms with Crippen molar-refractivity contribution in [1.29, 1.82) is 0 Å². The van der Waals surface area contributed by atoms with Crippen molar-refractivity contribution >= 4 is 16.0 Å². The smallest absolute Gasteiger partial charge is 0.339 e. The number of aromatic carboxylic acids is 1. The molecule has 1 unspecified atom stereocenters. The zero-order chi connectivity index (χ0) is 18.6. The van der Waals surface area contributed by atoms with Gasteiger partial charge in [-0.2, -0.15) is 0 Å². The molecule has 0 aromatic heterocycles. The molecule has 0 saturated carbocycles. The second kappa shape index (κ2) is 8.13. The van der Waals surface area contributed by atoms with Crippen LogP contribution in [-0.4, -0.2) is 78.7 Å². The van der Waals surface area contributed by atoms with E-state index in [4.69, 9.17) is 10.2 Å². The van der Waals surface area contributed by atoms with E-state index >= 15 is 0 Å². The highest BCUT2D eigenvalue weighted by molar-refractivity contribution is 7.89. The number of aromatic hydroxyl groups is 1. The third kappa shape index (κ3) is 4.69. The number of phenols is 1. The average molecular weight is 372 g/mol. The Morgan fingerprint density at radius 1 is 1.40 bits per heavy atom. The first-order valence-corrected chi connectivity index (χ1v) is 9.55. The number of aliphatic hydroxyl groups excluding tert-OH is 1. The number of hydrogen-bond donors (Lipinski definition) is 3. The van der Waals surface area contributed by atoms with E-state index in [2.05, 4.69) is 4.90 Å². The molecule has 2 rings (SSSR count). The van der Waals surface area contributed by atoms with Crippen molar-refractivity contribution in [2.75, 3.05) is 39.8 Å². The van der Waals surface area contributed by atoms with Crippen LogP contribution in [0.4, 0.5) is 0 Å². The van der Waals surface area contributed by atoms with Crippen molar-refractivity contribution in [3.63, 3.8) is 0 Å². The second-order valence-corrected chi connectivity index (χ2v) is 8.35. The van der Waals surface area contributed by atoms with Crippen LogP contribution < -0.4 is 0 Å². The Balaban J connectivity index is 2.13. The van der Waals surface area contributed by atoms with E-state index < -0.39 is 27.3 Å². The lowest BCUT2D eigenvalue weighted by atomic mass is 9.98. The highest BCUT2D eigenvalue weighted by Gasteiger charge is 2.28. The van der Waals surface area contributed by atoms with Crippen LogP contribution >= 0.6 is 0 Å². The van der Waals surface area contributed by atoms with Crippen LogP contribution in [-0.2, 0) is 10.0 Å². The van der Waals surface area contributed by atoms with Gasteiger partial charge in [0.1, 0.15) is 11.3 Å². The quantitative estimate of drug-likeness (QED) is 0.634. The summed E-state index contributed by atoms with van der Waals surface area (Å²) in [6.07, 6.45) is 1.85. The van der Waals surface area contributed by atoms with Crippen LogP contribution in [0.3, 0.4) is 0 Å². The van der Waals surface area contributed by atoms with Gasteiger partial charge in [0.15, 0.2) is 0 Å². The van der Waals surface area contributed by atoms with Crippen molar-refractivity contribution in [1.82, 2.24) is 9.21 Å². The summed E-state index contributed by atoms with van der Waals surface area (Å²) in [6, 6.07) is 3.25. The molecule has 1 fully saturated rings. The Kier molecular flexibility index (Phi) is 6.39. The maximum Gasteiger partial charge on any atom is 0.339 e. The number of piperidine rings is 1. The van der Waals surface area contributed by atoms with Gasteiger partial charge < -0.3 is 20.2 Å². The molecule has 8 nitrogen and oxygen atoms in total. The van der Waals surface area contributed by atoms with E-state index in [-0.39, 0.29) is 17.4 Å². The fourth-order valence-electron chi connectivity index (χ4n) is 3.13. The predicted octanol–water partition coefficient (Wildman–Crippen LogP) is 0.415. The monoisotopic (exact) mass is 372 g/mol. The Morgan fingerprint density at radius 2 is 2.12 bits per heavy atom. The van der Waals surface area contributed by atoms with Crippen LogP contribution in [0, 0.1) is 5.92 Å². The molecule has 9 heteroatoms. The lowest BCUT2D eigenvalue weighted by Gasteiger charge is -2.34. The van der Waals surface area contributed by atoms with E-state index in [1.807, 2.05) is 0 Å². The number of carbonyl (C=O) groups is 1. The predicted molar refractivity (Wildman–Crippen MR) is 91.1 cm³/mol. The van der Waals surface area contributed by atoms with Crippen LogP contribution in [0.15, 0.2) is 23.1 Å². The zero-order valence-electron chi connectivity index (χ0n) is 14.1.